The molecule has 1 saturated heterocycles. The van der Waals surface area contributed by atoms with Crippen LogP contribution in [0.4, 0.5) is 5.69 Å². The van der Waals surface area contributed by atoms with E-state index in [1.54, 1.807) is 0 Å². The number of benzene rings is 2. The summed E-state index contributed by atoms with van der Waals surface area (Å²) in [6, 6.07) is 13.7. The molecule has 1 fully saturated rings. The lowest BCUT2D eigenvalue weighted by Gasteiger charge is -2.27. The van der Waals surface area contributed by atoms with Gasteiger partial charge in [0.2, 0.25) is 5.91 Å². The summed E-state index contributed by atoms with van der Waals surface area (Å²) in [6.07, 6.45) is 0. The highest BCUT2D eigenvalue weighted by Gasteiger charge is 2.20. The van der Waals surface area contributed by atoms with Gasteiger partial charge >= 0.3 is 0 Å². The SMILES string of the molecule is Cc1cccc(CNC(=O)CNc2cccc(C(=O)N3CCSCC3)c2C)c1. The van der Waals surface area contributed by atoms with Crippen LogP contribution in [0.3, 0.4) is 0 Å². The van der Waals surface area contributed by atoms with Crippen LogP contribution in [0.5, 0.6) is 0 Å². The first-order chi connectivity index (χ1) is 13.5. The fraction of sp³-hybridized carbons (Fsp3) is 0.364. The molecule has 0 atom stereocenters. The van der Waals surface area contributed by atoms with E-state index in [0.717, 1.165) is 41.4 Å². The summed E-state index contributed by atoms with van der Waals surface area (Å²) in [5.41, 5.74) is 4.67. The minimum Gasteiger partial charge on any atom is -0.376 e. The van der Waals surface area contributed by atoms with Gasteiger partial charge in [-0.05, 0) is 37.1 Å². The average molecular weight is 398 g/mol. The molecule has 28 heavy (non-hydrogen) atoms. The van der Waals surface area contributed by atoms with E-state index in [4.69, 9.17) is 0 Å². The molecule has 2 aromatic rings. The Morgan fingerprint density at radius 3 is 2.57 bits per heavy atom. The molecule has 3 rings (SSSR count). The second-order valence-corrected chi connectivity index (χ2v) is 8.23. The van der Waals surface area contributed by atoms with Gasteiger partial charge in [-0.15, -0.1) is 0 Å². The van der Waals surface area contributed by atoms with Crippen LogP contribution in [-0.4, -0.2) is 47.9 Å². The van der Waals surface area contributed by atoms with Crippen LogP contribution in [0.25, 0.3) is 0 Å². The number of carbonyl (C=O) groups excluding carboxylic acids is 2. The number of hydrogen-bond acceptors (Lipinski definition) is 4. The Labute approximate surface area is 170 Å². The Balaban J connectivity index is 1.56. The zero-order chi connectivity index (χ0) is 19.9. The highest BCUT2D eigenvalue weighted by molar-refractivity contribution is 7.99. The standard InChI is InChI=1S/C22H27N3O2S/c1-16-5-3-6-18(13-16)14-24-21(26)15-23-20-8-4-7-19(17(20)2)22(27)25-9-11-28-12-10-25/h3-8,13,23H,9-12,14-15H2,1-2H3,(H,24,26). The van der Waals surface area contributed by atoms with Crippen molar-refractivity contribution in [3.8, 4) is 0 Å². The summed E-state index contributed by atoms with van der Waals surface area (Å²) < 4.78 is 0. The molecule has 0 aromatic heterocycles. The monoisotopic (exact) mass is 397 g/mol. The number of nitrogens with one attached hydrogen (secondary N) is 2. The molecule has 5 nitrogen and oxygen atoms in total. The van der Waals surface area contributed by atoms with Crippen molar-refractivity contribution in [2.24, 2.45) is 0 Å². The Bertz CT molecular complexity index is 847. The topological polar surface area (TPSA) is 61.4 Å². The van der Waals surface area contributed by atoms with E-state index in [9.17, 15) is 9.59 Å². The number of carbonyl (C=O) groups is 2. The normalized spacial score (nSPS) is 13.9. The van der Waals surface area contributed by atoms with Crippen molar-refractivity contribution in [3.05, 3.63) is 64.7 Å². The summed E-state index contributed by atoms with van der Waals surface area (Å²) in [4.78, 5) is 26.9. The zero-order valence-electron chi connectivity index (χ0n) is 16.5. The molecule has 1 heterocycles. The smallest absolute Gasteiger partial charge is 0.254 e. The maximum absolute atomic E-state index is 12.8. The van der Waals surface area contributed by atoms with Gasteiger partial charge < -0.3 is 15.5 Å². The molecule has 2 aromatic carbocycles. The number of aryl methyl sites for hydroxylation is 1. The number of thioether (sulfide) groups is 1. The zero-order valence-corrected chi connectivity index (χ0v) is 17.3. The fourth-order valence-corrected chi connectivity index (χ4v) is 4.16. The first-order valence-corrected chi connectivity index (χ1v) is 10.7. The molecule has 148 valence electrons. The van der Waals surface area contributed by atoms with E-state index in [-0.39, 0.29) is 18.4 Å². The van der Waals surface area contributed by atoms with Gasteiger partial charge in [-0.25, -0.2) is 0 Å². The van der Waals surface area contributed by atoms with Gasteiger partial charge in [0.15, 0.2) is 0 Å². The molecule has 0 aliphatic carbocycles. The van der Waals surface area contributed by atoms with Gasteiger partial charge in [0.05, 0.1) is 6.54 Å². The van der Waals surface area contributed by atoms with Crippen molar-refractivity contribution in [3.63, 3.8) is 0 Å². The van der Waals surface area contributed by atoms with Gasteiger partial charge in [0.25, 0.3) is 5.91 Å². The highest BCUT2D eigenvalue weighted by atomic mass is 32.2. The van der Waals surface area contributed by atoms with Crippen LogP contribution in [0, 0.1) is 13.8 Å². The second-order valence-electron chi connectivity index (χ2n) is 7.00. The molecule has 1 aliphatic rings. The molecular formula is C22H27N3O2S. The van der Waals surface area contributed by atoms with Crippen LogP contribution in [-0.2, 0) is 11.3 Å². The summed E-state index contributed by atoms with van der Waals surface area (Å²) in [6.45, 7) is 6.23. The third kappa shape index (κ3) is 5.29. The Kier molecular flexibility index (Phi) is 6.98. The average Bonchev–Trinajstić information content (AvgIpc) is 2.72. The van der Waals surface area contributed by atoms with Crippen molar-refractivity contribution in [2.45, 2.75) is 20.4 Å². The van der Waals surface area contributed by atoms with Crippen LogP contribution in [0.2, 0.25) is 0 Å². The first-order valence-electron chi connectivity index (χ1n) is 9.57. The molecule has 0 saturated carbocycles. The third-order valence-corrected chi connectivity index (χ3v) is 5.82. The maximum Gasteiger partial charge on any atom is 0.254 e. The molecule has 0 bridgehead atoms. The molecule has 1 aliphatic heterocycles. The van der Waals surface area contributed by atoms with E-state index in [1.165, 1.54) is 5.56 Å². The predicted octanol–water partition coefficient (Wildman–Crippen LogP) is 3.22. The van der Waals surface area contributed by atoms with Crippen molar-refractivity contribution in [1.82, 2.24) is 10.2 Å². The number of anilines is 1. The molecule has 2 N–H and O–H groups in total. The maximum atomic E-state index is 12.8. The van der Waals surface area contributed by atoms with Gasteiger partial charge in [-0.1, -0.05) is 35.9 Å². The van der Waals surface area contributed by atoms with Gasteiger partial charge in [-0.2, -0.15) is 11.8 Å². The number of amides is 2. The van der Waals surface area contributed by atoms with Crippen molar-refractivity contribution in [1.29, 1.82) is 0 Å². The van der Waals surface area contributed by atoms with E-state index in [0.29, 0.717) is 12.1 Å². The summed E-state index contributed by atoms with van der Waals surface area (Å²) >= 11 is 1.88. The molecule has 0 unspecified atom stereocenters. The lowest BCUT2D eigenvalue weighted by molar-refractivity contribution is -0.119. The summed E-state index contributed by atoms with van der Waals surface area (Å²) in [5.74, 6) is 1.98. The Hall–Kier alpha value is -2.47. The first kappa shape index (κ1) is 20.3. The minimum atomic E-state index is -0.0781. The predicted molar refractivity (Wildman–Crippen MR) is 116 cm³/mol. The van der Waals surface area contributed by atoms with Crippen LogP contribution >= 0.6 is 11.8 Å². The Morgan fingerprint density at radius 2 is 1.82 bits per heavy atom. The third-order valence-electron chi connectivity index (χ3n) is 4.87. The largest absolute Gasteiger partial charge is 0.376 e. The van der Waals surface area contributed by atoms with E-state index < -0.39 is 0 Å². The van der Waals surface area contributed by atoms with Crippen molar-refractivity contribution < 1.29 is 9.59 Å². The van der Waals surface area contributed by atoms with Crippen molar-refractivity contribution in [2.75, 3.05) is 36.5 Å². The van der Waals surface area contributed by atoms with Crippen LogP contribution in [0.1, 0.15) is 27.0 Å². The molecule has 0 radical (unpaired) electrons. The van der Waals surface area contributed by atoms with Crippen LogP contribution < -0.4 is 10.6 Å². The summed E-state index contributed by atoms with van der Waals surface area (Å²) in [7, 11) is 0. The molecular weight excluding hydrogens is 370 g/mol. The molecule has 6 heteroatoms. The second kappa shape index (κ2) is 9.64. The van der Waals surface area contributed by atoms with Gasteiger partial charge in [0.1, 0.15) is 0 Å². The molecule has 2 amide bonds. The Morgan fingerprint density at radius 1 is 1.07 bits per heavy atom. The fourth-order valence-electron chi connectivity index (χ4n) is 3.26. The van der Waals surface area contributed by atoms with E-state index >= 15 is 0 Å². The lowest BCUT2D eigenvalue weighted by atomic mass is 10.1. The van der Waals surface area contributed by atoms with Crippen molar-refractivity contribution >= 4 is 29.3 Å². The van der Waals surface area contributed by atoms with E-state index in [2.05, 4.69) is 16.7 Å². The highest BCUT2D eigenvalue weighted by Crippen LogP contribution is 2.21. The number of hydrogen-bond donors (Lipinski definition) is 2. The number of nitrogens with zero attached hydrogens (tertiary/aromatic N) is 1. The minimum absolute atomic E-state index is 0.0744. The van der Waals surface area contributed by atoms with Crippen LogP contribution in [0.15, 0.2) is 42.5 Å². The number of rotatable bonds is 6. The van der Waals surface area contributed by atoms with Gasteiger partial charge in [0, 0.05) is 42.4 Å². The quantitative estimate of drug-likeness (QED) is 0.786. The summed E-state index contributed by atoms with van der Waals surface area (Å²) in [5, 5.41) is 6.10. The lowest BCUT2D eigenvalue weighted by Crippen LogP contribution is -2.38. The molecule has 0 spiro atoms. The van der Waals surface area contributed by atoms with Gasteiger partial charge in [-0.3, -0.25) is 9.59 Å². The van der Waals surface area contributed by atoms with E-state index in [1.807, 2.05) is 66.9 Å².